The first-order valence-electron chi connectivity index (χ1n) is 5.35. The van der Waals surface area contributed by atoms with Gasteiger partial charge in [-0.3, -0.25) is 0 Å². The van der Waals surface area contributed by atoms with Crippen molar-refractivity contribution in [1.82, 2.24) is 4.98 Å². The second-order valence-corrected chi connectivity index (χ2v) is 3.37. The van der Waals surface area contributed by atoms with Gasteiger partial charge in [-0.15, -0.1) is 0 Å². The highest BCUT2D eigenvalue weighted by atomic mass is 19.1. The maximum atomic E-state index is 13.1. The van der Waals surface area contributed by atoms with Crippen LogP contribution in [-0.4, -0.2) is 38.5 Å². The first-order chi connectivity index (χ1) is 8.24. The summed E-state index contributed by atoms with van der Waals surface area (Å²) in [6.45, 7) is 2.17. The smallest absolute Gasteiger partial charge is 0.168 e. The Bertz CT molecular complexity index is 337. The minimum Gasteiger partial charge on any atom is -0.382 e. The number of pyridine rings is 1. The van der Waals surface area contributed by atoms with Crippen molar-refractivity contribution >= 4 is 5.82 Å². The summed E-state index contributed by atoms with van der Waals surface area (Å²) < 4.78 is 35.7. The molecule has 1 aromatic heterocycles. The van der Waals surface area contributed by atoms with Gasteiger partial charge in [-0.05, 0) is 6.42 Å². The largest absolute Gasteiger partial charge is 0.382 e. The highest BCUT2D eigenvalue weighted by molar-refractivity contribution is 5.35. The molecule has 0 saturated carbocycles. The van der Waals surface area contributed by atoms with Gasteiger partial charge in [0.05, 0.1) is 19.4 Å². The van der Waals surface area contributed by atoms with Crippen LogP contribution in [0.3, 0.4) is 0 Å². The number of ether oxygens (including phenoxy) is 2. The third-order valence-electron chi connectivity index (χ3n) is 2.00. The number of halogens is 2. The van der Waals surface area contributed by atoms with E-state index < -0.39 is 11.6 Å². The topological polar surface area (TPSA) is 43.4 Å². The molecule has 0 spiro atoms. The number of hydrogen-bond acceptors (Lipinski definition) is 4. The van der Waals surface area contributed by atoms with Gasteiger partial charge in [0, 0.05) is 26.3 Å². The van der Waals surface area contributed by atoms with Gasteiger partial charge in [0.25, 0.3) is 0 Å². The van der Waals surface area contributed by atoms with Gasteiger partial charge in [-0.2, -0.15) is 0 Å². The van der Waals surface area contributed by atoms with Crippen molar-refractivity contribution in [1.29, 1.82) is 0 Å². The van der Waals surface area contributed by atoms with Crippen LogP contribution in [0, 0.1) is 11.6 Å². The number of aromatic nitrogens is 1. The molecule has 1 heterocycles. The molecule has 96 valence electrons. The summed E-state index contributed by atoms with van der Waals surface area (Å²) in [5.74, 6) is -1.32. The third kappa shape index (κ3) is 5.55. The average molecular weight is 246 g/mol. The Hall–Kier alpha value is -1.27. The van der Waals surface area contributed by atoms with Crippen LogP contribution in [0.4, 0.5) is 14.6 Å². The van der Waals surface area contributed by atoms with Crippen LogP contribution >= 0.6 is 0 Å². The monoisotopic (exact) mass is 246 g/mol. The molecule has 0 saturated heterocycles. The fraction of sp³-hybridized carbons (Fsp3) is 0.545. The molecule has 0 unspecified atom stereocenters. The Morgan fingerprint density at radius 1 is 1.29 bits per heavy atom. The SMILES string of the molecule is COCCOCCCNc1ncc(F)cc1F. The van der Waals surface area contributed by atoms with Crippen LogP contribution in [0.2, 0.25) is 0 Å². The number of anilines is 1. The molecule has 0 amide bonds. The van der Waals surface area contributed by atoms with Crippen LogP contribution < -0.4 is 5.32 Å². The molecule has 6 heteroatoms. The zero-order valence-corrected chi connectivity index (χ0v) is 9.71. The Morgan fingerprint density at radius 2 is 2.12 bits per heavy atom. The van der Waals surface area contributed by atoms with Crippen LogP contribution in [0.15, 0.2) is 12.3 Å². The molecule has 0 aliphatic heterocycles. The van der Waals surface area contributed by atoms with E-state index in [1.165, 1.54) is 0 Å². The summed E-state index contributed by atoms with van der Waals surface area (Å²) >= 11 is 0. The predicted octanol–water partition coefficient (Wildman–Crippen LogP) is 1.82. The summed E-state index contributed by atoms with van der Waals surface area (Å²) in [6, 6.07) is 0.796. The first-order valence-corrected chi connectivity index (χ1v) is 5.35. The van der Waals surface area contributed by atoms with Crippen molar-refractivity contribution in [2.45, 2.75) is 6.42 Å². The van der Waals surface area contributed by atoms with Crippen LogP contribution in [-0.2, 0) is 9.47 Å². The number of hydrogen-bond donors (Lipinski definition) is 1. The van der Waals surface area contributed by atoms with Gasteiger partial charge in [0.1, 0.15) is 5.82 Å². The molecule has 0 atom stereocenters. The first kappa shape index (κ1) is 13.8. The quantitative estimate of drug-likeness (QED) is 0.711. The molecule has 0 aromatic carbocycles. The van der Waals surface area contributed by atoms with Gasteiger partial charge in [-0.25, -0.2) is 13.8 Å². The lowest BCUT2D eigenvalue weighted by Gasteiger charge is -2.07. The van der Waals surface area contributed by atoms with Gasteiger partial charge in [0.15, 0.2) is 11.6 Å². The molecule has 4 nitrogen and oxygen atoms in total. The molecular formula is C11H16F2N2O2. The summed E-state index contributed by atoms with van der Waals surface area (Å²) in [7, 11) is 1.61. The van der Waals surface area contributed by atoms with Crippen molar-refractivity contribution in [3.8, 4) is 0 Å². The van der Waals surface area contributed by atoms with E-state index in [4.69, 9.17) is 9.47 Å². The highest BCUT2D eigenvalue weighted by Gasteiger charge is 2.03. The van der Waals surface area contributed by atoms with Crippen LogP contribution in [0.25, 0.3) is 0 Å². The van der Waals surface area contributed by atoms with E-state index in [0.717, 1.165) is 12.3 Å². The fourth-order valence-corrected chi connectivity index (χ4v) is 1.17. The number of rotatable bonds is 8. The molecule has 0 fully saturated rings. The molecule has 0 aliphatic carbocycles. The zero-order chi connectivity index (χ0) is 12.5. The van der Waals surface area contributed by atoms with E-state index in [1.54, 1.807) is 7.11 Å². The number of nitrogens with one attached hydrogen (secondary N) is 1. The molecule has 1 N–H and O–H groups in total. The minimum absolute atomic E-state index is 0.0586. The Morgan fingerprint density at radius 3 is 2.82 bits per heavy atom. The zero-order valence-electron chi connectivity index (χ0n) is 9.71. The Balaban J connectivity index is 2.14. The highest BCUT2D eigenvalue weighted by Crippen LogP contribution is 2.10. The summed E-state index contributed by atoms with van der Waals surface area (Å²) in [5.41, 5.74) is 0. The lowest BCUT2D eigenvalue weighted by molar-refractivity contribution is 0.0705. The standard InChI is InChI=1S/C11H16F2N2O2/c1-16-5-6-17-4-2-3-14-11-10(13)7-9(12)8-15-11/h7-8H,2-6H2,1H3,(H,14,15). The lowest BCUT2D eigenvalue weighted by atomic mass is 10.4. The van der Waals surface area contributed by atoms with E-state index in [-0.39, 0.29) is 5.82 Å². The third-order valence-corrected chi connectivity index (χ3v) is 2.00. The van der Waals surface area contributed by atoms with E-state index in [9.17, 15) is 8.78 Å². The minimum atomic E-state index is -0.690. The van der Waals surface area contributed by atoms with Crippen LogP contribution in [0.5, 0.6) is 0 Å². The maximum absolute atomic E-state index is 13.1. The second kappa shape index (κ2) is 7.92. The van der Waals surface area contributed by atoms with Gasteiger partial charge in [-0.1, -0.05) is 0 Å². The maximum Gasteiger partial charge on any atom is 0.168 e. The number of methoxy groups -OCH3 is 1. The molecule has 0 bridgehead atoms. The molecule has 0 radical (unpaired) electrons. The van der Waals surface area contributed by atoms with Crippen molar-refractivity contribution in [2.24, 2.45) is 0 Å². The molecule has 0 aliphatic rings. The predicted molar refractivity (Wildman–Crippen MR) is 60.0 cm³/mol. The molecule has 1 aromatic rings. The molecule has 17 heavy (non-hydrogen) atoms. The molecule has 1 rings (SSSR count). The Labute approximate surface area is 98.9 Å². The average Bonchev–Trinajstić information content (AvgIpc) is 2.30. The van der Waals surface area contributed by atoms with E-state index in [2.05, 4.69) is 10.3 Å². The second-order valence-electron chi connectivity index (χ2n) is 3.37. The van der Waals surface area contributed by atoms with Gasteiger partial charge in [0.2, 0.25) is 0 Å². The summed E-state index contributed by atoms with van der Waals surface area (Å²) in [5, 5.41) is 2.77. The number of nitrogens with zero attached hydrogens (tertiary/aromatic N) is 1. The van der Waals surface area contributed by atoms with E-state index in [1.807, 2.05) is 0 Å². The van der Waals surface area contributed by atoms with Crippen molar-refractivity contribution in [2.75, 3.05) is 38.8 Å². The van der Waals surface area contributed by atoms with Crippen LogP contribution in [0.1, 0.15) is 6.42 Å². The normalized spacial score (nSPS) is 10.5. The van der Waals surface area contributed by atoms with E-state index >= 15 is 0 Å². The Kier molecular flexibility index (Phi) is 6.42. The summed E-state index contributed by atoms with van der Waals surface area (Å²) in [4.78, 5) is 3.60. The fourth-order valence-electron chi connectivity index (χ4n) is 1.17. The van der Waals surface area contributed by atoms with Gasteiger partial charge >= 0.3 is 0 Å². The lowest BCUT2D eigenvalue weighted by Crippen LogP contribution is -2.10. The molecular weight excluding hydrogens is 230 g/mol. The van der Waals surface area contributed by atoms with Crippen molar-refractivity contribution in [3.63, 3.8) is 0 Å². The van der Waals surface area contributed by atoms with Gasteiger partial charge < -0.3 is 14.8 Å². The van der Waals surface area contributed by atoms with Crippen molar-refractivity contribution in [3.05, 3.63) is 23.9 Å². The van der Waals surface area contributed by atoms with E-state index in [0.29, 0.717) is 32.8 Å². The summed E-state index contributed by atoms with van der Waals surface area (Å²) in [6.07, 6.45) is 1.68. The van der Waals surface area contributed by atoms with Crippen molar-refractivity contribution < 1.29 is 18.3 Å².